The van der Waals surface area contributed by atoms with E-state index in [-0.39, 0.29) is 5.82 Å². The highest BCUT2D eigenvalue weighted by atomic mass is 19.1. The smallest absolute Gasteiger partial charge is 0.227 e. The molecule has 2 aliphatic rings. The lowest BCUT2D eigenvalue weighted by molar-refractivity contribution is 0.122. The first-order chi connectivity index (χ1) is 14.2. The fourth-order valence-corrected chi connectivity index (χ4v) is 3.94. The molecule has 2 aliphatic heterocycles. The van der Waals surface area contributed by atoms with Gasteiger partial charge in [-0.1, -0.05) is 25.1 Å². The van der Waals surface area contributed by atoms with Crippen LogP contribution in [-0.4, -0.2) is 67.4 Å². The maximum atomic E-state index is 14.0. The lowest BCUT2D eigenvalue weighted by atomic mass is 10.2. The van der Waals surface area contributed by atoms with E-state index in [0.717, 1.165) is 88.3 Å². The molecule has 0 unspecified atom stereocenters. The third-order valence-corrected chi connectivity index (χ3v) is 5.67. The molecule has 0 saturated carbocycles. The van der Waals surface area contributed by atoms with Gasteiger partial charge in [-0.3, -0.25) is 4.90 Å². The highest BCUT2D eigenvalue weighted by molar-refractivity contribution is 5.46. The number of hydrogen-bond donors (Lipinski definition) is 0. The Labute approximate surface area is 172 Å². The van der Waals surface area contributed by atoms with E-state index in [1.165, 1.54) is 0 Å². The van der Waals surface area contributed by atoms with Gasteiger partial charge in [-0.25, -0.2) is 9.37 Å². The van der Waals surface area contributed by atoms with Crippen LogP contribution in [0.2, 0.25) is 0 Å². The number of aryl methyl sites for hydroxylation is 1. The minimum absolute atomic E-state index is 0.118. The van der Waals surface area contributed by atoms with Gasteiger partial charge in [0, 0.05) is 63.1 Å². The molecule has 0 amide bonds. The van der Waals surface area contributed by atoms with Crippen LogP contribution in [0.15, 0.2) is 30.3 Å². The Bertz CT molecular complexity index is 812. The van der Waals surface area contributed by atoms with Crippen LogP contribution in [0.25, 0.3) is 0 Å². The van der Waals surface area contributed by atoms with Crippen molar-refractivity contribution in [2.75, 3.05) is 62.3 Å². The van der Waals surface area contributed by atoms with E-state index >= 15 is 0 Å². The van der Waals surface area contributed by atoms with E-state index in [2.05, 4.69) is 27.7 Å². The van der Waals surface area contributed by atoms with Crippen molar-refractivity contribution in [3.05, 3.63) is 47.4 Å². The second kappa shape index (κ2) is 9.50. The molecule has 2 saturated heterocycles. The first-order valence-electron chi connectivity index (χ1n) is 10.6. The number of morpholine rings is 1. The van der Waals surface area contributed by atoms with Crippen LogP contribution in [0.3, 0.4) is 0 Å². The average Bonchev–Trinajstić information content (AvgIpc) is 3.01. The Morgan fingerprint density at radius 1 is 0.966 bits per heavy atom. The minimum atomic E-state index is -0.118. The van der Waals surface area contributed by atoms with Gasteiger partial charge in [0.2, 0.25) is 5.95 Å². The molecule has 0 aliphatic carbocycles. The second-order valence-electron chi connectivity index (χ2n) is 7.68. The number of aromatic nitrogens is 2. The van der Waals surface area contributed by atoms with Gasteiger partial charge in [-0.05, 0) is 18.9 Å². The van der Waals surface area contributed by atoms with Crippen LogP contribution in [0.5, 0.6) is 0 Å². The third-order valence-electron chi connectivity index (χ3n) is 5.67. The first kappa shape index (κ1) is 20.0. The maximum absolute atomic E-state index is 14.0. The molecule has 0 radical (unpaired) electrons. The van der Waals surface area contributed by atoms with Gasteiger partial charge in [0.25, 0.3) is 0 Å². The number of hydrogen-bond acceptors (Lipinski definition) is 6. The van der Waals surface area contributed by atoms with E-state index in [9.17, 15) is 4.39 Å². The molecule has 2 aromatic rings. The summed E-state index contributed by atoms with van der Waals surface area (Å²) in [5.74, 6) is 1.70. The zero-order valence-corrected chi connectivity index (χ0v) is 17.2. The Morgan fingerprint density at radius 2 is 1.79 bits per heavy atom. The molecule has 29 heavy (non-hydrogen) atoms. The number of halogens is 1. The zero-order chi connectivity index (χ0) is 20.1. The van der Waals surface area contributed by atoms with Gasteiger partial charge < -0.3 is 14.5 Å². The van der Waals surface area contributed by atoms with Gasteiger partial charge >= 0.3 is 0 Å². The van der Waals surface area contributed by atoms with E-state index < -0.39 is 0 Å². The molecule has 0 spiro atoms. The molecule has 2 fully saturated rings. The number of anilines is 2. The minimum Gasteiger partial charge on any atom is -0.378 e. The van der Waals surface area contributed by atoms with Gasteiger partial charge in [0.1, 0.15) is 11.6 Å². The van der Waals surface area contributed by atoms with Crippen molar-refractivity contribution in [1.29, 1.82) is 0 Å². The van der Waals surface area contributed by atoms with Crippen LogP contribution in [-0.2, 0) is 17.7 Å². The average molecular weight is 400 g/mol. The molecule has 3 heterocycles. The summed E-state index contributed by atoms with van der Waals surface area (Å²) in [4.78, 5) is 16.6. The number of nitrogens with zero attached hydrogens (tertiary/aromatic N) is 5. The largest absolute Gasteiger partial charge is 0.378 e. The monoisotopic (exact) mass is 399 g/mol. The Hall–Kier alpha value is -2.25. The lowest BCUT2D eigenvalue weighted by Crippen LogP contribution is -2.38. The number of benzene rings is 1. The second-order valence-corrected chi connectivity index (χ2v) is 7.68. The molecule has 0 bridgehead atoms. The molecule has 0 N–H and O–H groups in total. The molecule has 4 rings (SSSR count). The van der Waals surface area contributed by atoms with E-state index in [0.29, 0.717) is 6.54 Å². The third kappa shape index (κ3) is 5.03. The van der Waals surface area contributed by atoms with Crippen LogP contribution < -0.4 is 9.80 Å². The predicted octanol–water partition coefficient (Wildman–Crippen LogP) is 2.73. The van der Waals surface area contributed by atoms with Gasteiger partial charge in [0.15, 0.2) is 0 Å². The van der Waals surface area contributed by atoms with Gasteiger partial charge in [-0.2, -0.15) is 4.98 Å². The van der Waals surface area contributed by atoms with Crippen LogP contribution in [0.4, 0.5) is 16.2 Å². The summed E-state index contributed by atoms with van der Waals surface area (Å²) in [7, 11) is 0. The summed E-state index contributed by atoms with van der Waals surface area (Å²) in [5, 5.41) is 0. The Morgan fingerprint density at radius 3 is 2.59 bits per heavy atom. The van der Waals surface area contributed by atoms with Crippen LogP contribution in [0, 0.1) is 5.82 Å². The van der Waals surface area contributed by atoms with E-state index in [4.69, 9.17) is 14.7 Å². The molecule has 6 nitrogen and oxygen atoms in total. The molecular formula is C22H30FN5O. The van der Waals surface area contributed by atoms with Crippen molar-refractivity contribution in [2.24, 2.45) is 0 Å². The molecule has 7 heteroatoms. The molecule has 156 valence electrons. The van der Waals surface area contributed by atoms with Gasteiger partial charge in [0.05, 0.1) is 13.2 Å². The van der Waals surface area contributed by atoms with E-state index in [1.54, 1.807) is 12.1 Å². The molecule has 1 aromatic carbocycles. The van der Waals surface area contributed by atoms with Crippen molar-refractivity contribution in [3.8, 4) is 0 Å². The lowest BCUT2D eigenvalue weighted by Gasteiger charge is -2.29. The van der Waals surface area contributed by atoms with Crippen molar-refractivity contribution in [2.45, 2.75) is 26.3 Å². The summed E-state index contributed by atoms with van der Waals surface area (Å²) < 4.78 is 19.5. The van der Waals surface area contributed by atoms with Crippen LogP contribution in [0.1, 0.15) is 24.6 Å². The number of rotatable bonds is 5. The summed E-state index contributed by atoms with van der Waals surface area (Å²) in [6.45, 7) is 9.62. The fourth-order valence-electron chi connectivity index (χ4n) is 3.94. The van der Waals surface area contributed by atoms with E-state index in [1.807, 2.05) is 12.1 Å². The fraction of sp³-hybridized carbons (Fsp3) is 0.545. The topological polar surface area (TPSA) is 44.7 Å². The zero-order valence-electron chi connectivity index (χ0n) is 17.2. The van der Waals surface area contributed by atoms with Crippen molar-refractivity contribution in [3.63, 3.8) is 0 Å². The predicted molar refractivity (Wildman–Crippen MR) is 113 cm³/mol. The van der Waals surface area contributed by atoms with Crippen molar-refractivity contribution < 1.29 is 9.13 Å². The highest BCUT2D eigenvalue weighted by Gasteiger charge is 2.20. The molecule has 0 atom stereocenters. The Balaban J connectivity index is 1.46. The maximum Gasteiger partial charge on any atom is 0.227 e. The van der Waals surface area contributed by atoms with Crippen molar-refractivity contribution >= 4 is 11.8 Å². The summed E-state index contributed by atoms with van der Waals surface area (Å²) in [6, 6.07) is 9.19. The summed E-state index contributed by atoms with van der Waals surface area (Å²) in [5.41, 5.74) is 1.84. The standard InChI is InChI=1S/C22H30FN5O/c1-2-19-16-21(25-22(24-19)28-12-14-29-15-13-28)27-9-5-8-26(10-11-27)17-18-6-3-4-7-20(18)23/h3-4,6-7,16H,2,5,8-15,17H2,1H3. The Kier molecular flexibility index (Phi) is 6.56. The normalized spacial score (nSPS) is 18.7. The summed E-state index contributed by atoms with van der Waals surface area (Å²) in [6.07, 6.45) is 1.92. The van der Waals surface area contributed by atoms with Crippen LogP contribution >= 0.6 is 0 Å². The molecular weight excluding hydrogens is 369 g/mol. The summed E-state index contributed by atoms with van der Waals surface area (Å²) >= 11 is 0. The highest BCUT2D eigenvalue weighted by Crippen LogP contribution is 2.21. The quantitative estimate of drug-likeness (QED) is 0.770. The van der Waals surface area contributed by atoms with Crippen molar-refractivity contribution in [1.82, 2.24) is 14.9 Å². The first-order valence-corrected chi connectivity index (χ1v) is 10.6. The van der Waals surface area contributed by atoms with Gasteiger partial charge in [-0.15, -0.1) is 0 Å². The SMILES string of the molecule is CCc1cc(N2CCCN(Cc3ccccc3F)CC2)nc(N2CCOCC2)n1. The number of ether oxygens (including phenoxy) is 1. The molecule has 1 aromatic heterocycles.